The largest absolute Gasteiger partial charge is 0.494 e. The molecule has 7 heteroatoms. The van der Waals surface area contributed by atoms with E-state index in [0.29, 0.717) is 12.4 Å². The molecule has 1 aromatic carbocycles. The molecule has 0 aliphatic carbocycles. The lowest BCUT2D eigenvalue weighted by Gasteiger charge is -2.12. The van der Waals surface area contributed by atoms with Crippen molar-refractivity contribution in [2.45, 2.75) is 13.0 Å². The third-order valence-corrected chi connectivity index (χ3v) is 3.40. The van der Waals surface area contributed by atoms with Crippen LogP contribution in [0.25, 0.3) is 0 Å². The highest BCUT2D eigenvalue weighted by atomic mass is 79.9. The molecule has 6 nitrogen and oxygen atoms in total. The van der Waals surface area contributed by atoms with Gasteiger partial charge in [0.15, 0.2) is 0 Å². The molecule has 106 valence electrons. The first-order valence-corrected chi connectivity index (χ1v) is 6.74. The number of nitro groups is 1. The summed E-state index contributed by atoms with van der Waals surface area (Å²) in [4.78, 5) is 10.0. The molecule has 1 aromatic heterocycles. The van der Waals surface area contributed by atoms with Gasteiger partial charge in [-0.15, -0.1) is 0 Å². The van der Waals surface area contributed by atoms with E-state index in [4.69, 9.17) is 14.9 Å². The van der Waals surface area contributed by atoms with E-state index < -0.39 is 11.0 Å². The van der Waals surface area contributed by atoms with E-state index in [1.54, 1.807) is 18.2 Å². The van der Waals surface area contributed by atoms with Crippen molar-refractivity contribution in [2.75, 3.05) is 6.61 Å². The molecular formula is C13H13BrN2O4. The number of nitrogens with zero attached hydrogens (tertiary/aromatic N) is 1. The van der Waals surface area contributed by atoms with E-state index in [9.17, 15) is 10.1 Å². The van der Waals surface area contributed by atoms with E-state index in [-0.39, 0.29) is 5.88 Å². The summed E-state index contributed by atoms with van der Waals surface area (Å²) in [7, 11) is 0. The molecule has 0 bridgehead atoms. The monoisotopic (exact) mass is 340 g/mol. The molecule has 0 radical (unpaired) electrons. The Morgan fingerprint density at radius 1 is 1.45 bits per heavy atom. The number of benzene rings is 1. The van der Waals surface area contributed by atoms with Crippen molar-refractivity contribution in [1.82, 2.24) is 0 Å². The minimum atomic E-state index is -0.594. The maximum absolute atomic E-state index is 10.6. The fourth-order valence-corrected chi connectivity index (χ4v) is 2.38. The molecule has 2 rings (SSSR count). The van der Waals surface area contributed by atoms with Crippen molar-refractivity contribution >= 4 is 21.8 Å². The van der Waals surface area contributed by atoms with Crippen LogP contribution in [-0.4, -0.2) is 11.5 Å². The topological polar surface area (TPSA) is 91.5 Å². The number of nitrogens with two attached hydrogens (primary N) is 1. The molecule has 1 unspecified atom stereocenters. The lowest BCUT2D eigenvalue weighted by molar-refractivity contribution is -0.402. The molecule has 2 N–H and O–H groups in total. The van der Waals surface area contributed by atoms with Gasteiger partial charge in [-0.2, -0.15) is 0 Å². The number of hydrogen-bond donors (Lipinski definition) is 1. The summed E-state index contributed by atoms with van der Waals surface area (Å²) < 4.78 is 11.3. The zero-order valence-corrected chi connectivity index (χ0v) is 12.3. The lowest BCUT2D eigenvalue weighted by atomic mass is 10.1. The Morgan fingerprint density at radius 3 is 2.75 bits per heavy atom. The van der Waals surface area contributed by atoms with Gasteiger partial charge in [0.25, 0.3) is 0 Å². The molecule has 0 saturated heterocycles. The summed E-state index contributed by atoms with van der Waals surface area (Å²) in [5.41, 5.74) is 6.83. The van der Waals surface area contributed by atoms with Gasteiger partial charge in [-0.3, -0.25) is 10.1 Å². The Bertz CT molecular complexity index is 627. The van der Waals surface area contributed by atoms with Crippen LogP contribution in [0, 0.1) is 10.1 Å². The Labute approximate surface area is 123 Å². The molecule has 0 amide bonds. The van der Waals surface area contributed by atoms with Gasteiger partial charge < -0.3 is 14.9 Å². The summed E-state index contributed by atoms with van der Waals surface area (Å²) in [6.07, 6.45) is 0. The molecule has 0 aliphatic rings. The minimum Gasteiger partial charge on any atom is -0.494 e. The van der Waals surface area contributed by atoms with Crippen LogP contribution in [-0.2, 0) is 0 Å². The molecule has 1 atom stereocenters. The summed E-state index contributed by atoms with van der Waals surface area (Å²) >= 11 is 3.42. The highest BCUT2D eigenvalue weighted by Crippen LogP contribution is 2.32. The van der Waals surface area contributed by atoms with Gasteiger partial charge in [-0.05, 0) is 30.7 Å². The second-order valence-electron chi connectivity index (χ2n) is 4.03. The maximum Gasteiger partial charge on any atom is 0.433 e. The van der Waals surface area contributed by atoms with Crippen LogP contribution in [0.1, 0.15) is 24.3 Å². The second kappa shape index (κ2) is 6.06. The van der Waals surface area contributed by atoms with Gasteiger partial charge in [0.2, 0.25) is 0 Å². The third-order valence-electron chi connectivity index (χ3n) is 2.72. The van der Waals surface area contributed by atoms with Crippen LogP contribution in [0.15, 0.2) is 39.2 Å². The van der Waals surface area contributed by atoms with Gasteiger partial charge in [0.05, 0.1) is 18.7 Å². The molecule has 1 heterocycles. The zero-order chi connectivity index (χ0) is 14.7. The molecule has 20 heavy (non-hydrogen) atoms. The summed E-state index contributed by atoms with van der Waals surface area (Å²) in [6.45, 7) is 2.47. The van der Waals surface area contributed by atoms with Crippen LogP contribution in [0.2, 0.25) is 0 Å². The van der Waals surface area contributed by atoms with Crippen LogP contribution in [0.4, 0.5) is 5.88 Å². The predicted octanol–water partition coefficient (Wildman–Crippen LogP) is 3.40. The van der Waals surface area contributed by atoms with Gasteiger partial charge in [0.1, 0.15) is 16.4 Å². The van der Waals surface area contributed by atoms with E-state index in [1.165, 1.54) is 12.1 Å². The van der Waals surface area contributed by atoms with Gasteiger partial charge >= 0.3 is 5.88 Å². The second-order valence-corrected chi connectivity index (χ2v) is 4.88. The minimum absolute atomic E-state index is 0.322. The van der Waals surface area contributed by atoms with Crippen molar-refractivity contribution in [3.8, 4) is 5.75 Å². The van der Waals surface area contributed by atoms with E-state index >= 15 is 0 Å². The van der Waals surface area contributed by atoms with Gasteiger partial charge in [-0.1, -0.05) is 22.0 Å². The first-order chi connectivity index (χ1) is 9.52. The molecule has 0 aliphatic heterocycles. The van der Waals surface area contributed by atoms with Crippen LogP contribution < -0.4 is 10.5 Å². The van der Waals surface area contributed by atoms with Crippen molar-refractivity contribution in [3.05, 3.63) is 56.2 Å². The van der Waals surface area contributed by atoms with Crippen molar-refractivity contribution < 1.29 is 14.1 Å². The van der Waals surface area contributed by atoms with E-state index in [1.807, 2.05) is 6.92 Å². The molecule has 2 aromatic rings. The number of furan rings is 1. The van der Waals surface area contributed by atoms with Crippen LogP contribution >= 0.6 is 15.9 Å². The standard InChI is InChI=1S/C13H13BrN2O4/c1-2-19-8-3-4-9(10(14)7-8)13(15)11-5-6-12(20-11)16(17)18/h3-7,13H,2,15H2,1H3. The first kappa shape index (κ1) is 14.5. The third kappa shape index (κ3) is 3.00. The molecular weight excluding hydrogens is 328 g/mol. The van der Waals surface area contributed by atoms with Crippen LogP contribution in [0.5, 0.6) is 5.75 Å². The predicted molar refractivity (Wildman–Crippen MR) is 76.7 cm³/mol. The maximum atomic E-state index is 10.6. The van der Waals surface area contributed by atoms with E-state index in [0.717, 1.165) is 15.8 Å². The van der Waals surface area contributed by atoms with Gasteiger partial charge in [0, 0.05) is 4.47 Å². The zero-order valence-electron chi connectivity index (χ0n) is 10.7. The fourth-order valence-electron chi connectivity index (χ4n) is 1.78. The Morgan fingerprint density at radius 2 is 2.20 bits per heavy atom. The highest BCUT2D eigenvalue weighted by Gasteiger charge is 2.20. The quantitative estimate of drug-likeness (QED) is 0.665. The molecule has 0 spiro atoms. The average molecular weight is 341 g/mol. The SMILES string of the molecule is CCOc1ccc(C(N)c2ccc([N+](=O)[O-])o2)c(Br)c1. The van der Waals surface area contributed by atoms with Gasteiger partial charge in [-0.25, -0.2) is 0 Å². The van der Waals surface area contributed by atoms with Crippen molar-refractivity contribution in [3.63, 3.8) is 0 Å². The van der Waals surface area contributed by atoms with Crippen molar-refractivity contribution in [2.24, 2.45) is 5.73 Å². The first-order valence-electron chi connectivity index (χ1n) is 5.95. The number of halogens is 1. The molecule has 0 fully saturated rings. The summed E-state index contributed by atoms with van der Waals surface area (Å²) in [6, 6.07) is 7.60. The fraction of sp³-hybridized carbons (Fsp3) is 0.231. The highest BCUT2D eigenvalue weighted by molar-refractivity contribution is 9.10. The number of rotatable bonds is 5. The Kier molecular flexibility index (Phi) is 4.41. The summed E-state index contributed by atoms with van der Waals surface area (Å²) in [5.74, 6) is 0.736. The van der Waals surface area contributed by atoms with Crippen molar-refractivity contribution in [1.29, 1.82) is 0 Å². The average Bonchev–Trinajstić information content (AvgIpc) is 2.88. The number of hydrogen-bond acceptors (Lipinski definition) is 5. The van der Waals surface area contributed by atoms with Crippen LogP contribution in [0.3, 0.4) is 0 Å². The Balaban J connectivity index is 2.27. The normalized spacial score (nSPS) is 12.2. The lowest BCUT2D eigenvalue weighted by Crippen LogP contribution is -2.11. The smallest absolute Gasteiger partial charge is 0.433 e. The summed E-state index contributed by atoms with van der Waals surface area (Å²) in [5, 5.41) is 10.6. The molecule has 0 saturated carbocycles. The Hall–Kier alpha value is -1.86. The van der Waals surface area contributed by atoms with E-state index in [2.05, 4.69) is 15.9 Å². The number of ether oxygens (including phenoxy) is 1.